The minimum atomic E-state index is -4.52. The van der Waals surface area contributed by atoms with E-state index in [1.54, 1.807) is 13.8 Å². The van der Waals surface area contributed by atoms with Gasteiger partial charge >= 0.3 is 10.2 Å². The first-order valence-corrected chi connectivity index (χ1v) is 4.48. The van der Waals surface area contributed by atoms with E-state index < -0.39 is 22.1 Å². The average Bonchev–Trinajstić information content (AvgIpc) is 1.60. The molecule has 0 aromatic rings. The van der Waals surface area contributed by atoms with Crippen molar-refractivity contribution in [3.05, 3.63) is 0 Å². The molecule has 0 aromatic heterocycles. The van der Waals surface area contributed by atoms with Crippen LogP contribution in [0.25, 0.3) is 0 Å². The number of hydrogen-bond donors (Lipinski definition) is 1. The summed E-state index contributed by atoms with van der Waals surface area (Å²) < 4.78 is 31.7. The Morgan fingerprint density at radius 2 is 1.90 bits per heavy atom. The fraction of sp³-hybridized carbons (Fsp3) is 1.00. The Kier molecular flexibility index (Phi) is 3.24. The Morgan fingerprint density at radius 3 is 2.00 bits per heavy atom. The van der Waals surface area contributed by atoms with E-state index in [-0.39, 0.29) is 5.92 Å². The van der Waals surface area contributed by atoms with Gasteiger partial charge in [0.05, 0.1) is 6.10 Å². The highest BCUT2D eigenvalue weighted by Crippen LogP contribution is 2.05. The SMILES string of the molecule is CC(C)C(O)CS(=O)(=O)F. The molecule has 1 N–H and O–H groups in total. The van der Waals surface area contributed by atoms with E-state index in [2.05, 4.69) is 0 Å². The van der Waals surface area contributed by atoms with Crippen LogP contribution in [0.15, 0.2) is 0 Å². The Balaban J connectivity index is 3.93. The number of rotatable bonds is 3. The zero-order valence-corrected chi connectivity index (χ0v) is 6.73. The van der Waals surface area contributed by atoms with Gasteiger partial charge in [-0.25, -0.2) is 0 Å². The first-order valence-electron chi connectivity index (χ1n) is 2.93. The predicted molar refractivity (Wildman–Crippen MR) is 35.7 cm³/mol. The lowest BCUT2D eigenvalue weighted by Crippen LogP contribution is -2.23. The van der Waals surface area contributed by atoms with Crippen LogP contribution in [0, 0.1) is 5.92 Å². The van der Waals surface area contributed by atoms with E-state index >= 15 is 0 Å². The molecule has 0 aliphatic carbocycles. The van der Waals surface area contributed by atoms with E-state index in [9.17, 15) is 12.3 Å². The van der Waals surface area contributed by atoms with Crippen LogP contribution in [0.3, 0.4) is 0 Å². The molecule has 0 aliphatic heterocycles. The van der Waals surface area contributed by atoms with Crippen molar-refractivity contribution in [2.24, 2.45) is 5.92 Å². The summed E-state index contributed by atoms with van der Waals surface area (Å²) in [5.41, 5.74) is 0. The van der Waals surface area contributed by atoms with Crippen molar-refractivity contribution in [1.82, 2.24) is 0 Å². The monoisotopic (exact) mass is 170 g/mol. The molecule has 0 rings (SSSR count). The highest BCUT2D eigenvalue weighted by Gasteiger charge is 2.18. The lowest BCUT2D eigenvalue weighted by molar-refractivity contribution is 0.146. The second-order valence-electron chi connectivity index (χ2n) is 2.52. The Hall–Kier alpha value is -0.160. The Bertz CT molecular complexity index is 185. The second-order valence-corrected chi connectivity index (χ2v) is 3.93. The minimum Gasteiger partial charge on any atom is -0.392 e. The lowest BCUT2D eigenvalue weighted by Gasteiger charge is -2.10. The third kappa shape index (κ3) is 4.69. The Labute approximate surface area is 60.1 Å². The van der Waals surface area contributed by atoms with Crippen LogP contribution in [0.1, 0.15) is 13.8 Å². The summed E-state index contributed by atoms with van der Waals surface area (Å²) in [7, 11) is -4.52. The van der Waals surface area contributed by atoms with Gasteiger partial charge in [0.25, 0.3) is 0 Å². The molecule has 0 bridgehead atoms. The molecule has 0 aliphatic rings. The van der Waals surface area contributed by atoms with Crippen molar-refractivity contribution in [2.75, 3.05) is 5.75 Å². The smallest absolute Gasteiger partial charge is 0.304 e. The largest absolute Gasteiger partial charge is 0.392 e. The molecule has 5 heteroatoms. The average molecular weight is 170 g/mol. The van der Waals surface area contributed by atoms with E-state index in [0.29, 0.717) is 0 Å². The molecule has 62 valence electrons. The van der Waals surface area contributed by atoms with Gasteiger partial charge in [-0.1, -0.05) is 13.8 Å². The van der Waals surface area contributed by atoms with Crippen LogP contribution < -0.4 is 0 Å². The summed E-state index contributed by atoms with van der Waals surface area (Å²) in [4.78, 5) is 0. The number of aliphatic hydroxyl groups excluding tert-OH is 1. The minimum absolute atomic E-state index is 0.231. The Morgan fingerprint density at radius 1 is 1.50 bits per heavy atom. The molecule has 0 saturated carbocycles. The molecule has 0 amide bonds. The van der Waals surface area contributed by atoms with Crippen molar-refractivity contribution in [3.63, 3.8) is 0 Å². The molecule has 0 fully saturated rings. The summed E-state index contributed by atoms with van der Waals surface area (Å²) in [6, 6.07) is 0. The second kappa shape index (κ2) is 3.30. The van der Waals surface area contributed by atoms with Gasteiger partial charge < -0.3 is 5.11 Å². The third-order valence-corrected chi connectivity index (χ3v) is 1.88. The van der Waals surface area contributed by atoms with Crippen molar-refractivity contribution in [2.45, 2.75) is 20.0 Å². The topological polar surface area (TPSA) is 54.4 Å². The zero-order valence-electron chi connectivity index (χ0n) is 5.91. The van der Waals surface area contributed by atoms with E-state index in [0.717, 1.165) is 0 Å². The molecule has 0 saturated heterocycles. The van der Waals surface area contributed by atoms with Crippen molar-refractivity contribution in [3.8, 4) is 0 Å². The maximum absolute atomic E-state index is 11.8. The fourth-order valence-electron chi connectivity index (χ4n) is 0.396. The van der Waals surface area contributed by atoms with Crippen LogP contribution in [0.2, 0.25) is 0 Å². The van der Waals surface area contributed by atoms with E-state index in [1.165, 1.54) is 0 Å². The van der Waals surface area contributed by atoms with E-state index in [1.807, 2.05) is 0 Å². The zero-order chi connectivity index (χ0) is 8.36. The molecule has 0 aromatic carbocycles. The van der Waals surface area contributed by atoms with Gasteiger partial charge in [0.1, 0.15) is 5.75 Å². The first-order chi connectivity index (χ1) is 4.33. The highest BCUT2D eigenvalue weighted by molar-refractivity contribution is 7.86. The van der Waals surface area contributed by atoms with Gasteiger partial charge in [-0.2, -0.15) is 8.42 Å². The summed E-state index contributed by atoms with van der Waals surface area (Å²) in [5, 5.41) is 8.84. The quantitative estimate of drug-likeness (QED) is 0.620. The van der Waals surface area contributed by atoms with Crippen LogP contribution >= 0.6 is 0 Å². The molecule has 0 spiro atoms. The number of halogens is 1. The van der Waals surface area contributed by atoms with Crippen LogP contribution in [-0.2, 0) is 10.2 Å². The van der Waals surface area contributed by atoms with Gasteiger partial charge in [0.2, 0.25) is 0 Å². The first kappa shape index (κ1) is 9.84. The number of hydrogen-bond acceptors (Lipinski definition) is 3. The molecule has 10 heavy (non-hydrogen) atoms. The molecule has 0 radical (unpaired) electrons. The van der Waals surface area contributed by atoms with E-state index in [4.69, 9.17) is 5.11 Å². The van der Waals surface area contributed by atoms with Crippen molar-refractivity contribution in [1.29, 1.82) is 0 Å². The predicted octanol–water partition coefficient (Wildman–Crippen LogP) is 0.303. The van der Waals surface area contributed by atoms with Gasteiger partial charge in [0, 0.05) is 0 Å². The fourth-order valence-corrected chi connectivity index (χ4v) is 1.19. The standard InChI is InChI=1S/C5H11FO3S/c1-4(2)5(7)3-10(6,8)9/h4-5,7H,3H2,1-2H3. The summed E-state index contributed by atoms with van der Waals surface area (Å²) >= 11 is 0. The molecular formula is C5H11FO3S. The highest BCUT2D eigenvalue weighted by atomic mass is 32.3. The summed E-state index contributed by atoms with van der Waals surface area (Å²) in [5.74, 6) is -1.03. The lowest BCUT2D eigenvalue weighted by atomic mass is 10.1. The van der Waals surface area contributed by atoms with Gasteiger partial charge in [0.15, 0.2) is 0 Å². The normalized spacial score (nSPS) is 15.7. The van der Waals surface area contributed by atoms with Gasteiger partial charge in [-0.15, -0.1) is 3.89 Å². The molecule has 1 atom stereocenters. The van der Waals surface area contributed by atoms with Crippen molar-refractivity contribution >= 4 is 10.2 Å². The van der Waals surface area contributed by atoms with Crippen LogP contribution in [0.4, 0.5) is 3.89 Å². The maximum atomic E-state index is 11.8. The van der Waals surface area contributed by atoms with Gasteiger partial charge in [-0.05, 0) is 5.92 Å². The maximum Gasteiger partial charge on any atom is 0.304 e. The summed E-state index contributed by atoms with van der Waals surface area (Å²) in [6.45, 7) is 3.24. The van der Waals surface area contributed by atoms with Crippen LogP contribution in [-0.4, -0.2) is 25.4 Å². The molecule has 0 heterocycles. The van der Waals surface area contributed by atoms with Crippen molar-refractivity contribution < 1.29 is 17.4 Å². The van der Waals surface area contributed by atoms with Gasteiger partial charge in [-0.3, -0.25) is 0 Å². The molecule has 3 nitrogen and oxygen atoms in total. The third-order valence-electron chi connectivity index (χ3n) is 1.14. The molecule has 1 unspecified atom stereocenters. The van der Waals surface area contributed by atoms with Crippen LogP contribution in [0.5, 0.6) is 0 Å². The number of aliphatic hydroxyl groups is 1. The molecular weight excluding hydrogens is 159 g/mol. The summed E-state index contributed by atoms with van der Waals surface area (Å²) in [6.07, 6.45) is -1.10.